The van der Waals surface area contributed by atoms with Crippen molar-refractivity contribution in [1.82, 2.24) is 15.5 Å². The molecule has 14 heavy (non-hydrogen) atoms. The standard InChI is InChI=1S/C7H11N3O3S/c11-5-4-10(2-1-3-14)7(13)9-6(12)8-5/h14H,1-4H2,(H2,8,9,11,12,13). The molecule has 0 bridgehead atoms. The van der Waals surface area contributed by atoms with Gasteiger partial charge in [0.15, 0.2) is 0 Å². The highest BCUT2D eigenvalue weighted by atomic mass is 32.1. The second kappa shape index (κ2) is 4.85. The monoisotopic (exact) mass is 217 g/mol. The van der Waals surface area contributed by atoms with Gasteiger partial charge in [0.05, 0.1) is 0 Å². The fourth-order valence-corrected chi connectivity index (χ4v) is 1.20. The van der Waals surface area contributed by atoms with Crippen LogP contribution in [0.4, 0.5) is 9.59 Å². The summed E-state index contributed by atoms with van der Waals surface area (Å²) in [5.74, 6) is 0.145. The van der Waals surface area contributed by atoms with Crippen LogP contribution < -0.4 is 10.6 Å². The van der Waals surface area contributed by atoms with Crippen LogP contribution in [0.5, 0.6) is 0 Å². The first-order valence-corrected chi connectivity index (χ1v) is 4.77. The van der Waals surface area contributed by atoms with Crippen molar-refractivity contribution in [2.45, 2.75) is 6.42 Å². The largest absolute Gasteiger partial charge is 0.329 e. The van der Waals surface area contributed by atoms with E-state index in [1.165, 1.54) is 4.90 Å². The first-order valence-electron chi connectivity index (χ1n) is 4.14. The lowest BCUT2D eigenvalue weighted by molar-refractivity contribution is -0.120. The van der Waals surface area contributed by atoms with Crippen molar-refractivity contribution in [1.29, 1.82) is 0 Å². The van der Waals surface area contributed by atoms with E-state index in [2.05, 4.69) is 12.6 Å². The number of amides is 5. The average molecular weight is 217 g/mol. The summed E-state index contributed by atoms with van der Waals surface area (Å²) in [5.41, 5.74) is 0. The van der Waals surface area contributed by atoms with Gasteiger partial charge in [-0.25, -0.2) is 9.59 Å². The Kier molecular flexibility index (Phi) is 3.75. The van der Waals surface area contributed by atoms with E-state index in [0.717, 1.165) is 0 Å². The number of carbonyl (C=O) groups is 3. The van der Waals surface area contributed by atoms with Crippen LogP contribution in [0.3, 0.4) is 0 Å². The maximum Gasteiger partial charge on any atom is 0.329 e. The van der Waals surface area contributed by atoms with E-state index in [4.69, 9.17) is 0 Å². The first kappa shape index (κ1) is 10.8. The zero-order valence-electron chi connectivity index (χ0n) is 7.45. The van der Waals surface area contributed by atoms with Crippen molar-refractivity contribution in [2.75, 3.05) is 18.8 Å². The molecule has 78 valence electrons. The van der Waals surface area contributed by atoms with E-state index in [0.29, 0.717) is 18.7 Å². The molecule has 0 atom stereocenters. The SMILES string of the molecule is O=C1CN(CCCS)C(=O)NC(=O)N1. The Balaban J connectivity index is 2.59. The van der Waals surface area contributed by atoms with E-state index in [-0.39, 0.29) is 6.54 Å². The van der Waals surface area contributed by atoms with E-state index >= 15 is 0 Å². The van der Waals surface area contributed by atoms with E-state index in [1.807, 2.05) is 10.6 Å². The summed E-state index contributed by atoms with van der Waals surface area (Å²) in [6, 6.07) is -1.32. The van der Waals surface area contributed by atoms with Gasteiger partial charge < -0.3 is 4.90 Å². The Labute approximate surface area is 86.4 Å². The zero-order valence-corrected chi connectivity index (χ0v) is 8.34. The van der Waals surface area contributed by atoms with Gasteiger partial charge in [-0.2, -0.15) is 12.6 Å². The van der Waals surface area contributed by atoms with Crippen LogP contribution in [0, 0.1) is 0 Å². The molecule has 1 fully saturated rings. The second-order valence-electron chi connectivity index (χ2n) is 2.81. The van der Waals surface area contributed by atoms with Gasteiger partial charge in [0, 0.05) is 6.54 Å². The Morgan fingerprint density at radius 3 is 2.64 bits per heavy atom. The van der Waals surface area contributed by atoms with Crippen LogP contribution in [0.15, 0.2) is 0 Å². The van der Waals surface area contributed by atoms with Crippen LogP contribution in [0.2, 0.25) is 0 Å². The fourth-order valence-electron chi connectivity index (χ4n) is 1.06. The molecule has 1 heterocycles. The summed E-state index contributed by atoms with van der Waals surface area (Å²) < 4.78 is 0. The molecule has 0 unspecified atom stereocenters. The normalized spacial score (nSPS) is 17.5. The summed E-state index contributed by atoms with van der Waals surface area (Å²) in [4.78, 5) is 34.4. The Bertz CT molecular complexity index is 269. The van der Waals surface area contributed by atoms with Gasteiger partial charge in [-0.3, -0.25) is 15.4 Å². The first-order chi connectivity index (χ1) is 6.63. The molecular formula is C7H11N3O3S. The fraction of sp³-hybridized carbons (Fsp3) is 0.571. The summed E-state index contributed by atoms with van der Waals surface area (Å²) in [7, 11) is 0. The molecular weight excluding hydrogens is 206 g/mol. The molecule has 2 N–H and O–H groups in total. The highest BCUT2D eigenvalue weighted by Gasteiger charge is 2.24. The molecule has 1 aliphatic rings. The lowest BCUT2D eigenvalue weighted by Gasteiger charge is -2.17. The maximum atomic E-state index is 11.3. The number of imide groups is 2. The third-order valence-corrected chi connectivity index (χ3v) is 2.00. The predicted molar refractivity (Wildman–Crippen MR) is 52.1 cm³/mol. The molecule has 0 aromatic carbocycles. The van der Waals surface area contributed by atoms with Gasteiger partial charge in [0.2, 0.25) is 5.91 Å². The summed E-state index contributed by atoms with van der Waals surface area (Å²) in [6.45, 7) is 0.321. The molecule has 1 aliphatic heterocycles. The van der Waals surface area contributed by atoms with Crippen molar-refractivity contribution in [3.05, 3.63) is 0 Å². The lowest BCUT2D eigenvalue weighted by Crippen LogP contribution is -2.41. The minimum absolute atomic E-state index is 0.0919. The summed E-state index contributed by atoms with van der Waals surface area (Å²) >= 11 is 3.99. The molecule has 7 heteroatoms. The Morgan fingerprint density at radius 2 is 2.00 bits per heavy atom. The van der Waals surface area contributed by atoms with Crippen LogP contribution in [-0.2, 0) is 4.79 Å². The predicted octanol–water partition coefficient (Wildman–Crippen LogP) is -0.432. The van der Waals surface area contributed by atoms with Crippen molar-refractivity contribution < 1.29 is 14.4 Å². The minimum atomic E-state index is -0.770. The highest BCUT2D eigenvalue weighted by molar-refractivity contribution is 7.80. The Hall–Kier alpha value is -1.24. The molecule has 0 saturated carbocycles. The quantitative estimate of drug-likeness (QED) is 0.561. The molecule has 1 saturated heterocycles. The van der Waals surface area contributed by atoms with Crippen LogP contribution >= 0.6 is 12.6 Å². The zero-order chi connectivity index (χ0) is 10.6. The summed E-state index contributed by atoms with van der Waals surface area (Å²) in [6.07, 6.45) is 0.679. The van der Waals surface area contributed by atoms with Crippen molar-refractivity contribution in [3.63, 3.8) is 0 Å². The molecule has 6 nitrogen and oxygen atoms in total. The van der Waals surface area contributed by atoms with Crippen LogP contribution in [0.1, 0.15) is 6.42 Å². The lowest BCUT2D eigenvalue weighted by atomic mass is 10.4. The number of nitrogens with zero attached hydrogens (tertiary/aromatic N) is 1. The van der Waals surface area contributed by atoms with E-state index in [1.54, 1.807) is 0 Å². The Morgan fingerprint density at radius 1 is 1.29 bits per heavy atom. The number of hydrogen-bond acceptors (Lipinski definition) is 4. The number of rotatable bonds is 3. The van der Waals surface area contributed by atoms with Gasteiger partial charge in [-0.05, 0) is 12.2 Å². The third kappa shape index (κ3) is 2.91. The second-order valence-corrected chi connectivity index (χ2v) is 3.25. The van der Waals surface area contributed by atoms with Gasteiger partial charge >= 0.3 is 12.1 Å². The van der Waals surface area contributed by atoms with Crippen molar-refractivity contribution in [2.24, 2.45) is 0 Å². The maximum absolute atomic E-state index is 11.3. The number of nitrogens with one attached hydrogen (secondary N) is 2. The smallest absolute Gasteiger partial charge is 0.315 e. The van der Waals surface area contributed by atoms with E-state index < -0.39 is 18.0 Å². The molecule has 1 rings (SSSR count). The topological polar surface area (TPSA) is 78.5 Å². The van der Waals surface area contributed by atoms with Gasteiger partial charge in [-0.1, -0.05) is 0 Å². The third-order valence-electron chi connectivity index (χ3n) is 1.68. The highest BCUT2D eigenvalue weighted by Crippen LogP contribution is 1.97. The number of carbonyl (C=O) groups excluding carboxylic acids is 3. The molecule has 0 aliphatic carbocycles. The molecule has 0 radical (unpaired) electrons. The molecule has 0 spiro atoms. The molecule has 0 aromatic heterocycles. The minimum Gasteiger partial charge on any atom is -0.315 e. The molecule has 0 aromatic rings. The van der Waals surface area contributed by atoms with Crippen molar-refractivity contribution >= 4 is 30.6 Å². The van der Waals surface area contributed by atoms with Gasteiger partial charge in [-0.15, -0.1) is 0 Å². The van der Waals surface area contributed by atoms with E-state index in [9.17, 15) is 14.4 Å². The van der Waals surface area contributed by atoms with Crippen LogP contribution in [0.25, 0.3) is 0 Å². The number of thiol groups is 1. The number of urea groups is 2. The van der Waals surface area contributed by atoms with Crippen molar-refractivity contribution in [3.8, 4) is 0 Å². The van der Waals surface area contributed by atoms with Crippen LogP contribution in [-0.4, -0.2) is 41.7 Å². The average Bonchev–Trinajstić information content (AvgIpc) is 2.21. The summed E-state index contributed by atoms with van der Waals surface area (Å²) in [5, 5.41) is 4.03. The number of hydrogen-bond donors (Lipinski definition) is 3. The van der Waals surface area contributed by atoms with Gasteiger partial charge in [0.25, 0.3) is 0 Å². The van der Waals surface area contributed by atoms with Gasteiger partial charge in [0.1, 0.15) is 6.54 Å². The molecule has 5 amide bonds.